The van der Waals surface area contributed by atoms with Crippen LogP contribution in [-0.2, 0) is 0 Å². The van der Waals surface area contributed by atoms with Crippen molar-refractivity contribution >= 4 is 45.4 Å². The van der Waals surface area contributed by atoms with Crippen molar-refractivity contribution in [1.82, 2.24) is 0 Å². The molecule has 7 rings (SSSR count). The monoisotopic (exact) mass is 546 g/mol. The second-order valence-corrected chi connectivity index (χ2v) is 12.3. The molecule has 0 aliphatic heterocycles. The molecule has 0 fully saturated rings. The zero-order valence-corrected chi connectivity index (χ0v) is 23.2. The Kier molecular flexibility index (Phi) is 6.47. The summed E-state index contributed by atoms with van der Waals surface area (Å²) >= 11 is 0. The molecule has 0 aromatic heterocycles. The van der Waals surface area contributed by atoms with E-state index in [1.165, 1.54) is 15.9 Å². The molecule has 3 heteroatoms. The lowest BCUT2D eigenvalue weighted by atomic mass is 9.89. The third-order valence-electron chi connectivity index (χ3n) is 7.62. The molecule has 2 nitrogen and oxygen atoms in total. The minimum atomic E-state index is -0.799. The van der Waals surface area contributed by atoms with E-state index in [2.05, 4.69) is 97.1 Å². The average Bonchev–Trinajstić information content (AvgIpc) is 3.03. The Hall–Kier alpha value is -4.91. The number of benzene rings is 7. The van der Waals surface area contributed by atoms with Gasteiger partial charge in [-0.05, 0) is 69.1 Å². The van der Waals surface area contributed by atoms with Gasteiger partial charge in [-0.1, -0.05) is 133 Å². The van der Waals surface area contributed by atoms with Crippen molar-refractivity contribution in [3.05, 3.63) is 152 Å². The molecule has 2 N–H and O–H groups in total. The maximum Gasteiger partial charge on any atom is 0.132 e. The summed E-state index contributed by atoms with van der Waals surface area (Å²) in [5, 5.41) is 30.8. The fourth-order valence-corrected chi connectivity index (χ4v) is 8.08. The van der Waals surface area contributed by atoms with E-state index in [9.17, 15) is 10.2 Å². The summed E-state index contributed by atoms with van der Waals surface area (Å²) < 4.78 is 0. The van der Waals surface area contributed by atoms with Gasteiger partial charge in [0, 0.05) is 16.7 Å². The highest BCUT2D eigenvalue weighted by Crippen LogP contribution is 2.48. The van der Waals surface area contributed by atoms with Crippen molar-refractivity contribution in [2.45, 2.75) is 0 Å². The van der Waals surface area contributed by atoms with Crippen LogP contribution in [0.4, 0.5) is 0 Å². The number of rotatable bonds is 5. The van der Waals surface area contributed by atoms with Gasteiger partial charge in [0.1, 0.15) is 11.5 Å². The van der Waals surface area contributed by atoms with Crippen molar-refractivity contribution in [3.63, 3.8) is 0 Å². The number of hydrogen-bond donors (Lipinski definition) is 2. The van der Waals surface area contributed by atoms with E-state index in [1.807, 2.05) is 48.5 Å². The summed E-state index contributed by atoms with van der Waals surface area (Å²) in [6.45, 7) is 0. The standard InChI is InChI=1S/C38H27O2P/c39-35-23-22-26-12-7-9-20-32(26)36(35)37-33-21-10-8-13-28(33)25-34(38(37)40)27-14-11-19-31(24-27)41(29-15-3-1-4-16-29)30-17-5-2-6-18-30/h1-25,39-40H. The molecule has 0 aliphatic rings. The van der Waals surface area contributed by atoms with E-state index in [4.69, 9.17) is 0 Å². The molecule has 196 valence electrons. The molecule has 0 unspecified atom stereocenters. The van der Waals surface area contributed by atoms with Crippen molar-refractivity contribution in [2.24, 2.45) is 0 Å². The van der Waals surface area contributed by atoms with E-state index < -0.39 is 7.92 Å². The predicted octanol–water partition coefficient (Wildman–Crippen LogP) is 8.50. The van der Waals surface area contributed by atoms with Gasteiger partial charge in [-0.25, -0.2) is 0 Å². The normalized spacial score (nSPS) is 11.3. The number of hydrogen-bond acceptors (Lipinski definition) is 2. The van der Waals surface area contributed by atoms with Crippen LogP contribution >= 0.6 is 7.92 Å². The summed E-state index contributed by atoms with van der Waals surface area (Å²) in [5.41, 5.74) is 2.96. The topological polar surface area (TPSA) is 40.5 Å². The van der Waals surface area contributed by atoms with Gasteiger partial charge in [0.25, 0.3) is 0 Å². The van der Waals surface area contributed by atoms with Gasteiger partial charge in [-0.2, -0.15) is 0 Å². The second-order valence-electron chi connectivity index (χ2n) is 10.1. The summed E-state index contributed by atoms with van der Waals surface area (Å²) in [6.07, 6.45) is 0. The zero-order valence-electron chi connectivity index (χ0n) is 22.3. The fraction of sp³-hybridized carbons (Fsp3) is 0. The van der Waals surface area contributed by atoms with Crippen molar-refractivity contribution < 1.29 is 10.2 Å². The Morgan fingerprint density at radius 2 is 0.976 bits per heavy atom. The molecule has 0 saturated carbocycles. The molecule has 0 amide bonds. The minimum Gasteiger partial charge on any atom is -0.507 e. The molecule has 0 spiro atoms. The predicted molar refractivity (Wildman–Crippen MR) is 174 cm³/mol. The van der Waals surface area contributed by atoms with Crippen LogP contribution in [0.2, 0.25) is 0 Å². The quantitative estimate of drug-likeness (QED) is 0.213. The number of phenols is 2. The maximum absolute atomic E-state index is 12.0. The molecule has 0 aliphatic carbocycles. The molecule has 41 heavy (non-hydrogen) atoms. The van der Waals surface area contributed by atoms with E-state index in [1.54, 1.807) is 6.07 Å². The smallest absolute Gasteiger partial charge is 0.132 e. The van der Waals surface area contributed by atoms with Crippen LogP contribution in [0.3, 0.4) is 0 Å². The minimum absolute atomic E-state index is 0.145. The second kappa shape index (κ2) is 10.6. The first-order valence-corrected chi connectivity index (χ1v) is 15.0. The Morgan fingerprint density at radius 3 is 1.66 bits per heavy atom. The van der Waals surface area contributed by atoms with Crippen molar-refractivity contribution in [2.75, 3.05) is 0 Å². The molecule has 0 saturated heterocycles. The lowest BCUT2D eigenvalue weighted by Crippen LogP contribution is -2.20. The van der Waals surface area contributed by atoms with Crippen LogP contribution in [-0.4, -0.2) is 10.2 Å². The lowest BCUT2D eigenvalue weighted by Gasteiger charge is -2.21. The van der Waals surface area contributed by atoms with Crippen LogP contribution in [0, 0.1) is 0 Å². The van der Waals surface area contributed by atoms with Crippen LogP contribution in [0.5, 0.6) is 11.5 Å². The summed E-state index contributed by atoms with van der Waals surface area (Å²) in [7, 11) is -0.799. The number of fused-ring (bicyclic) bond motifs is 2. The molecular formula is C38H27O2P. The third-order valence-corrected chi connectivity index (χ3v) is 10.0. The summed E-state index contributed by atoms with van der Waals surface area (Å²) in [5.74, 6) is 0.308. The molecular weight excluding hydrogens is 519 g/mol. The maximum atomic E-state index is 12.0. The molecule has 7 aromatic rings. The van der Waals surface area contributed by atoms with Crippen LogP contribution < -0.4 is 15.9 Å². The van der Waals surface area contributed by atoms with Gasteiger partial charge in [0.05, 0.1) is 0 Å². The molecule has 0 radical (unpaired) electrons. The highest BCUT2D eigenvalue weighted by atomic mass is 31.1. The van der Waals surface area contributed by atoms with E-state index in [-0.39, 0.29) is 11.5 Å². The molecule has 0 heterocycles. The van der Waals surface area contributed by atoms with Crippen molar-refractivity contribution in [3.8, 4) is 33.8 Å². The lowest BCUT2D eigenvalue weighted by molar-refractivity contribution is 0.471. The van der Waals surface area contributed by atoms with Crippen LogP contribution in [0.1, 0.15) is 0 Å². The first-order valence-electron chi connectivity index (χ1n) is 13.7. The van der Waals surface area contributed by atoms with Gasteiger partial charge in [-0.3, -0.25) is 0 Å². The van der Waals surface area contributed by atoms with Crippen LogP contribution in [0.15, 0.2) is 152 Å². The SMILES string of the molecule is Oc1ccc2ccccc2c1-c1c(O)c(-c2cccc(P(c3ccccc3)c3ccccc3)c2)cc2ccccc12. The Balaban J connectivity index is 1.47. The van der Waals surface area contributed by atoms with Gasteiger partial charge in [-0.15, -0.1) is 0 Å². The Bertz CT molecular complexity index is 1980. The molecule has 0 atom stereocenters. The Labute approximate surface area is 240 Å². The zero-order chi connectivity index (χ0) is 27.8. The highest BCUT2D eigenvalue weighted by Gasteiger charge is 2.22. The molecule has 0 bridgehead atoms. The average molecular weight is 547 g/mol. The van der Waals surface area contributed by atoms with E-state index in [0.717, 1.165) is 32.7 Å². The summed E-state index contributed by atoms with van der Waals surface area (Å²) in [4.78, 5) is 0. The highest BCUT2D eigenvalue weighted by molar-refractivity contribution is 7.79. The van der Waals surface area contributed by atoms with Crippen LogP contribution in [0.25, 0.3) is 43.8 Å². The van der Waals surface area contributed by atoms with E-state index >= 15 is 0 Å². The fourth-order valence-electron chi connectivity index (χ4n) is 5.75. The Morgan fingerprint density at radius 1 is 0.415 bits per heavy atom. The van der Waals surface area contributed by atoms with Gasteiger partial charge in [0.2, 0.25) is 0 Å². The first kappa shape index (κ1) is 25.1. The van der Waals surface area contributed by atoms with E-state index in [0.29, 0.717) is 11.1 Å². The van der Waals surface area contributed by atoms with Gasteiger partial charge >= 0.3 is 0 Å². The largest absolute Gasteiger partial charge is 0.507 e. The van der Waals surface area contributed by atoms with Gasteiger partial charge < -0.3 is 10.2 Å². The number of phenolic OH excluding ortho intramolecular Hbond substituents is 2. The van der Waals surface area contributed by atoms with Gasteiger partial charge in [0.15, 0.2) is 0 Å². The first-order chi connectivity index (χ1) is 20.2. The summed E-state index contributed by atoms with van der Waals surface area (Å²) in [6, 6.07) is 51.5. The third kappa shape index (κ3) is 4.53. The van der Waals surface area contributed by atoms with Crippen molar-refractivity contribution in [1.29, 1.82) is 0 Å². The molecule has 7 aromatic carbocycles. The number of aromatic hydroxyl groups is 2.